The van der Waals surface area contributed by atoms with Gasteiger partial charge in [0.1, 0.15) is 0 Å². The van der Waals surface area contributed by atoms with E-state index in [9.17, 15) is 9.90 Å². The largest absolute Gasteiger partial charge is 0.396 e. The summed E-state index contributed by atoms with van der Waals surface area (Å²) in [6, 6.07) is 0. The van der Waals surface area contributed by atoms with Crippen molar-refractivity contribution in [1.82, 2.24) is 5.32 Å². The van der Waals surface area contributed by atoms with Crippen molar-refractivity contribution in [2.45, 2.75) is 70.6 Å². The minimum Gasteiger partial charge on any atom is -0.396 e. The van der Waals surface area contributed by atoms with Gasteiger partial charge in [-0.3, -0.25) is 4.79 Å². The first-order valence-electron chi connectivity index (χ1n) is 9.52. The fourth-order valence-electron chi connectivity index (χ4n) is 6.54. The molecular formula is C19H31NO2. The van der Waals surface area contributed by atoms with Crippen LogP contribution in [0.4, 0.5) is 0 Å². The third-order valence-corrected chi connectivity index (χ3v) is 7.39. The van der Waals surface area contributed by atoms with Gasteiger partial charge in [0.05, 0.1) is 6.61 Å². The molecule has 0 aliphatic heterocycles. The first-order valence-corrected chi connectivity index (χ1v) is 9.52. The second-order valence-electron chi connectivity index (χ2n) is 9.10. The molecule has 5 saturated carbocycles. The van der Waals surface area contributed by atoms with E-state index in [0.29, 0.717) is 12.5 Å². The number of carbonyl (C=O) groups is 1. The summed E-state index contributed by atoms with van der Waals surface area (Å²) in [4.78, 5) is 13.0. The Bertz CT molecular complexity index is 403. The highest BCUT2D eigenvalue weighted by Gasteiger charge is 2.54. The molecule has 2 N–H and O–H groups in total. The molecule has 5 aliphatic rings. The molecule has 4 bridgehead atoms. The van der Waals surface area contributed by atoms with E-state index in [1.54, 1.807) is 0 Å². The fourth-order valence-corrected chi connectivity index (χ4v) is 6.54. The second kappa shape index (κ2) is 5.51. The van der Waals surface area contributed by atoms with Gasteiger partial charge in [0.25, 0.3) is 0 Å². The molecule has 0 heterocycles. The van der Waals surface area contributed by atoms with E-state index in [0.717, 1.165) is 49.9 Å². The minimum atomic E-state index is -0.0416. The van der Waals surface area contributed by atoms with Gasteiger partial charge >= 0.3 is 0 Å². The number of nitrogens with one attached hydrogen (secondary N) is 1. The molecule has 0 saturated heterocycles. The predicted octanol–water partition coefficient (Wildman–Crippen LogP) is 3.26. The number of aliphatic hydroxyl groups is 1. The van der Waals surface area contributed by atoms with Crippen LogP contribution in [0.5, 0.6) is 0 Å². The summed E-state index contributed by atoms with van der Waals surface area (Å²) in [7, 11) is 0. The minimum absolute atomic E-state index is 0.0315. The number of carbonyl (C=O) groups excluding carboxylic acids is 1. The maximum Gasteiger partial charge on any atom is 0.226 e. The lowest BCUT2D eigenvalue weighted by molar-refractivity contribution is -0.147. The van der Waals surface area contributed by atoms with E-state index < -0.39 is 0 Å². The van der Waals surface area contributed by atoms with Crippen LogP contribution >= 0.6 is 0 Å². The van der Waals surface area contributed by atoms with Gasteiger partial charge in [0.15, 0.2) is 0 Å². The summed E-state index contributed by atoms with van der Waals surface area (Å²) in [5, 5.41) is 13.1. The summed E-state index contributed by atoms with van der Waals surface area (Å²) in [6.45, 7) is 0.929. The summed E-state index contributed by atoms with van der Waals surface area (Å²) in [5.41, 5.74) is -0.0731. The zero-order valence-electron chi connectivity index (χ0n) is 13.8. The van der Waals surface area contributed by atoms with Crippen molar-refractivity contribution in [1.29, 1.82) is 0 Å². The molecule has 0 spiro atoms. The van der Waals surface area contributed by atoms with E-state index in [1.807, 2.05) is 0 Å². The Morgan fingerprint density at radius 1 is 0.955 bits per heavy atom. The molecule has 5 fully saturated rings. The van der Waals surface area contributed by atoms with E-state index in [2.05, 4.69) is 5.32 Å². The average molecular weight is 305 g/mol. The number of hydrogen-bond acceptors (Lipinski definition) is 2. The van der Waals surface area contributed by atoms with Crippen LogP contribution in [0.25, 0.3) is 0 Å². The molecule has 1 amide bonds. The van der Waals surface area contributed by atoms with Crippen LogP contribution in [0.1, 0.15) is 70.6 Å². The monoisotopic (exact) mass is 305 g/mol. The zero-order chi connectivity index (χ0) is 15.2. The molecule has 124 valence electrons. The molecule has 22 heavy (non-hydrogen) atoms. The van der Waals surface area contributed by atoms with Crippen LogP contribution in [-0.4, -0.2) is 24.2 Å². The van der Waals surface area contributed by atoms with Crippen molar-refractivity contribution in [2.75, 3.05) is 13.2 Å². The number of aliphatic hydroxyl groups excluding tert-OH is 1. The first kappa shape index (κ1) is 15.0. The van der Waals surface area contributed by atoms with Crippen LogP contribution in [0.15, 0.2) is 0 Å². The van der Waals surface area contributed by atoms with Crippen molar-refractivity contribution in [3.63, 3.8) is 0 Å². The van der Waals surface area contributed by atoms with Crippen molar-refractivity contribution in [3.8, 4) is 0 Å². The molecule has 0 atom stereocenters. The summed E-state index contributed by atoms with van der Waals surface area (Å²) in [5.74, 6) is 2.78. The van der Waals surface area contributed by atoms with Crippen LogP contribution < -0.4 is 5.32 Å². The van der Waals surface area contributed by atoms with Crippen molar-refractivity contribution >= 4 is 5.91 Å². The Morgan fingerprint density at radius 2 is 1.50 bits per heavy atom. The van der Waals surface area contributed by atoms with Crippen molar-refractivity contribution in [3.05, 3.63) is 0 Å². The molecule has 3 heteroatoms. The zero-order valence-corrected chi connectivity index (χ0v) is 13.8. The predicted molar refractivity (Wildman–Crippen MR) is 86.2 cm³/mol. The Morgan fingerprint density at radius 3 is 2.00 bits per heavy atom. The lowest BCUT2D eigenvalue weighted by atomic mass is 9.49. The number of hydrogen-bond donors (Lipinski definition) is 2. The van der Waals surface area contributed by atoms with E-state index in [1.165, 1.54) is 38.5 Å². The van der Waals surface area contributed by atoms with E-state index >= 15 is 0 Å². The van der Waals surface area contributed by atoms with Gasteiger partial charge in [-0.25, -0.2) is 0 Å². The van der Waals surface area contributed by atoms with Gasteiger partial charge in [-0.1, -0.05) is 19.3 Å². The quantitative estimate of drug-likeness (QED) is 0.837. The van der Waals surface area contributed by atoms with Crippen molar-refractivity contribution in [2.24, 2.45) is 28.6 Å². The lowest BCUT2D eigenvalue weighted by Gasteiger charge is -2.55. The SMILES string of the molecule is O=C(NCC1(CO)CCCCC1)C12CC3CC(CC(C3)C1)C2. The normalized spacial score (nSPS) is 42.3. The van der Waals surface area contributed by atoms with Crippen molar-refractivity contribution < 1.29 is 9.90 Å². The van der Waals surface area contributed by atoms with Gasteiger partial charge in [-0.05, 0) is 69.1 Å². The number of rotatable bonds is 4. The smallest absolute Gasteiger partial charge is 0.226 e. The third-order valence-electron chi connectivity index (χ3n) is 7.39. The van der Waals surface area contributed by atoms with Crippen LogP contribution in [0.2, 0.25) is 0 Å². The topological polar surface area (TPSA) is 49.3 Å². The van der Waals surface area contributed by atoms with E-state index in [4.69, 9.17) is 0 Å². The summed E-state index contributed by atoms with van der Waals surface area (Å²) in [6.07, 6.45) is 13.4. The maximum atomic E-state index is 13.0. The van der Waals surface area contributed by atoms with Gasteiger partial charge in [0.2, 0.25) is 5.91 Å². The van der Waals surface area contributed by atoms with Crippen LogP contribution in [-0.2, 0) is 4.79 Å². The summed E-state index contributed by atoms with van der Waals surface area (Å²) >= 11 is 0. The second-order valence-corrected chi connectivity index (χ2v) is 9.10. The average Bonchev–Trinajstić information content (AvgIpc) is 2.52. The van der Waals surface area contributed by atoms with Gasteiger partial charge in [-0.15, -0.1) is 0 Å². The summed E-state index contributed by atoms with van der Waals surface area (Å²) < 4.78 is 0. The van der Waals surface area contributed by atoms with Gasteiger partial charge < -0.3 is 10.4 Å². The van der Waals surface area contributed by atoms with Gasteiger partial charge in [-0.2, -0.15) is 0 Å². The molecule has 0 radical (unpaired) electrons. The molecule has 0 unspecified atom stereocenters. The van der Waals surface area contributed by atoms with E-state index in [-0.39, 0.29) is 17.4 Å². The molecule has 0 aromatic rings. The molecular weight excluding hydrogens is 274 g/mol. The van der Waals surface area contributed by atoms with Gasteiger partial charge in [0, 0.05) is 17.4 Å². The Labute approximate surface area is 134 Å². The molecule has 0 aromatic carbocycles. The molecule has 0 aromatic heterocycles. The highest BCUT2D eigenvalue weighted by atomic mass is 16.3. The Hall–Kier alpha value is -0.570. The standard InChI is InChI=1S/C19H31NO2/c21-13-18(4-2-1-3-5-18)12-20-17(22)19-9-14-6-15(10-19)8-16(7-14)11-19/h14-16,21H,1-13H2,(H,20,22). The maximum absolute atomic E-state index is 13.0. The molecule has 5 aliphatic carbocycles. The first-order chi connectivity index (χ1) is 10.6. The molecule has 3 nitrogen and oxygen atoms in total. The highest BCUT2D eigenvalue weighted by molar-refractivity contribution is 5.83. The van der Waals surface area contributed by atoms with Crippen LogP contribution in [0.3, 0.4) is 0 Å². The number of amides is 1. The Kier molecular flexibility index (Phi) is 3.75. The lowest BCUT2D eigenvalue weighted by Crippen LogP contribution is -2.55. The highest BCUT2D eigenvalue weighted by Crippen LogP contribution is 2.60. The van der Waals surface area contributed by atoms with Crippen LogP contribution in [0, 0.1) is 28.6 Å². The fraction of sp³-hybridized carbons (Fsp3) is 0.947. The molecule has 5 rings (SSSR count). The third kappa shape index (κ3) is 2.50. The Balaban J connectivity index is 1.42.